The number of phenolic OH excluding ortho intramolecular Hbond substituents is 1. The Bertz CT molecular complexity index is 696. The van der Waals surface area contributed by atoms with Crippen LogP contribution in [0.2, 0.25) is 0 Å². The van der Waals surface area contributed by atoms with Gasteiger partial charge in [-0.25, -0.2) is 0 Å². The van der Waals surface area contributed by atoms with Crippen LogP contribution in [-0.4, -0.2) is 16.1 Å². The first-order valence-corrected chi connectivity index (χ1v) is 7.28. The number of rotatable bonds is 5. The van der Waals surface area contributed by atoms with Gasteiger partial charge in [0.2, 0.25) is 5.91 Å². The van der Waals surface area contributed by atoms with E-state index in [-0.39, 0.29) is 17.6 Å². The Morgan fingerprint density at radius 1 is 1.17 bits per heavy atom. The predicted octanol–water partition coefficient (Wildman–Crippen LogP) is 2.84. The van der Waals surface area contributed by atoms with Crippen LogP contribution in [0.15, 0.2) is 60.7 Å². The van der Waals surface area contributed by atoms with Crippen molar-refractivity contribution >= 4 is 17.3 Å². The minimum atomic E-state index is -0.763. The minimum absolute atomic E-state index is 0.143. The van der Waals surface area contributed by atoms with E-state index in [1.54, 1.807) is 49.4 Å². The fraction of sp³-hybridized carbons (Fsp3) is 0.167. The van der Waals surface area contributed by atoms with E-state index in [0.717, 1.165) is 0 Å². The van der Waals surface area contributed by atoms with Gasteiger partial charge in [0.25, 0.3) is 0 Å². The number of para-hydroxylation sites is 2. The van der Waals surface area contributed by atoms with Crippen LogP contribution in [0.4, 0.5) is 11.4 Å². The fourth-order valence-corrected chi connectivity index (χ4v) is 2.10. The maximum absolute atomic E-state index is 11.9. The lowest BCUT2D eigenvalue weighted by molar-refractivity contribution is -0.111. The summed E-state index contributed by atoms with van der Waals surface area (Å²) in [5.74, 6) is -0.435. The van der Waals surface area contributed by atoms with E-state index in [1.807, 2.05) is 0 Å². The van der Waals surface area contributed by atoms with Crippen molar-refractivity contribution < 1.29 is 15.0 Å². The highest BCUT2D eigenvalue weighted by molar-refractivity contribution is 6.01. The Hall–Kier alpha value is -2.79. The highest BCUT2D eigenvalue weighted by Gasteiger charge is 2.14. The van der Waals surface area contributed by atoms with Gasteiger partial charge >= 0.3 is 0 Å². The van der Waals surface area contributed by atoms with Crippen molar-refractivity contribution in [2.24, 2.45) is 5.92 Å². The zero-order chi connectivity index (χ0) is 16.8. The molecule has 5 N–H and O–H groups in total. The number of carbonyl (C=O) groups excluding carboxylic acids is 1. The third-order valence-corrected chi connectivity index (χ3v) is 3.50. The molecule has 0 aliphatic carbocycles. The molecule has 0 spiro atoms. The first-order chi connectivity index (χ1) is 11.0. The van der Waals surface area contributed by atoms with E-state index in [0.29, 0.717) is 16.9 Å². The molecule has 2 rings (SSSR count). The Labute approximate surface area is 135 Å². The summed E-state index contributed by atoms with van der Waals surface area (Å²) in [6.45, 7) is 1.80. The number of amides is 1. The van der Waals surface area contributed by atoms with Crippen LogP contribution < -0.4 is 11.1 Å². The number of benzene rings is 2. The maximum atomic E-state index is 11.9. The average molecular weight is 312 g/mol. The molecule has 0 fully saturated rings. The van der Waals surface area contributed by atoms with Gasteiger partial charge in [0, 0.05) is 5.92 Å². The Kier molecular flexibility index (Phi) is 5.38. The molecule has 0 bridgehead atoms. The van der Waals surface area contributed by atoms with Crippen LogP contribution in [0.3, 0.4) is 0 Å². The lowest BCUT2D eigenvalue weighted by atomic mass is 9.97. The molecule has 2 atom stereocenters. The zero-order valence-electron chi connectivity index (χ0n) is 12.8. The second-order valence-corrected chi connectivity index (χ2v) is 5.33. The van der Waals surface area contributed by atoms with Crippen molar-refractivity contribution in [3.63, 3.8) is 0 Å². The minimum Gasteiger partial charge on any atom is -0.508 e. The number of aromatic hydroxyl groups is 1. The topological polar surface area (TPSA) is 95.6 Å². The summed E-state index contributed by atoms with van der Waals surface area (Å²) in [5.41, 5.74) is 7.48. The zero-order valence-corrected chi connectivity index (χ0v) is 12.8. The second-order valence-electron chi connectivity index (χ2n) is 5.33. The molecule has 5 heteroatoms. The molecule has 120 valence electrons. The summed E-state index contributed by atoms with van der Waals surface area (Å²) in [5, 5.41) is 22.2. The number of aliphatic hydroxyl groups excluding tert-OH is 1. The Morgan fingerprint density at radius 2 is 1.83 bits per heavy atom. The second kappa shape index (κ2) is 7.47. The molecule has 2 aromatic carbocycles. The van der Waals surface area contributed by atoms with E-state index in [2.05, 4.69) is 5.32 Å². The highest BCUT2D eigenvalue weighted by atomic mass is 16.3. The van der Waals surface area contributed by atoms with Gasteiger partial charge in [-0.2, -0.15) is 0 Å². The van der Waals surface area contributed by atoms with Crippen LogP contribution >= 0.6 is 0 Å². The molecule has 0 aromatic heterocycles. The van der Waals surface area contributed by atoms with Crippen molar-refractivity contribution in [2.75, 3.05) is 11.1 Å². The van der Waals surface area contributed by atoms with Crippen LogP contribution in [-0.2, 0) is 4.79 Å². The number of anilines is 2. The van der Waals surface area contributed by atoms with Gasteiger partial charge < -0.3 is 21.3 Å². The smallest absolute Gasteiger partial charge is 0.248 e. The number of nitrogens with one attached hydrogen (secondary N) is 1. The van der Waals surface area contributed by atoms with Crippen LogP contribution in [0.25, 0.3) is 0 Å². The third-order valence-electron chi connectivity index (χ3n) is 3.50. The monoisotopic (exact) mass is 312 g/mol. The number of nitrogen functional groups attached to an aromatic ring is 1. The summed E-state index contributed by atoms with van der Waals surface area (Å²) >= 11 is 0. The number of hydrogen-bond donors (Lipinski definition) is 4. The molecular weight excluding hydrogens is 292 g/mol. The van der Waals surface area contributed by atoms with Crippen LogP contribution in [0, 0.1) is 5.92 Å². The summed E-state index contributed by atoms with van der Waals surface area (Å²) < 4.78 is 0. The van der Waals surface area contributed by atoms with Gasteiger partial charge in [-0.1, -0.05) is 37.3 Å². The molecule has 23 heavy (non-hydrogen) atoms. The van der Waals surface area contributed by atoms with E-state index in [9.17, 15) is 15.0 Å². The van der Waals surface area contributed by atoms with Crippen LogP contribution in [0.5, 0.6) is 5.75 Å². The van der Waals surface area contributed by atoms with Crippen LogP contribution in [0.1, 0.15) is 18.6 Å². The summed E-state index contributed by atoms with van der Waals surface area (Å²) in [6.07, 6.45) is 2.24. The predicted molar refractivity (Wildman–Crippen MR) is 90.9 cm³/mol. The molecule has 0 aliphatic heterocycles. The first-order valence-electron chi connectivity index (χ1n) is 7.28. The molecule has 5 nitrogen and oxygen atoms in total. The number of phenols is 1. The van der Waals surface area contributed by atoms with Crippen molar-refractivity contribution in [1.82, 2.24) is 0 Å². The number of nitrogens with two attached hydrogens (primary N) is 1. The molecule has 0 saturated carbocycles. The van der Waals surface area contributed by atoms with Crippen molar-refractivity contribution in [3.05, 3.63) is 66.2 Å². The largest absolute Gasteiger partial charge is 0.508 e. The van der Waals surface area contributed by atoms with E-state index >= 15 is 0 Å². The van der Waals surface area contributed by atoms with Crippen molar-refractivity contribution in [2.45, 2.75) is 13.0 Å². The molecule has 0 radical (unpaired) electrons. The number of carbonyl (C=O) groups is 1. The molecule has 0 unspecified atom stereocenters. The normalized spacial score (nSPS) is 13.7. The van der Waals surface area contributed by atoms with E-state index < -0.39 is 6.10 Å². The summed E-state index contributed by atoms with van der Waals surface area (Å²) in [7, 11) is 0. The summed E-state index contributed by atoms with van der Waals surface area (Å²) in [6, 6.07) is 13.3. The molecule has 0 heterocycles. The Balaban J connectivity index is 1.97. The first kappa shape index (κ1) is 16.6. The third kappa shape index (κ3) is 4.59. The SMILES string of the molecule is C[C@@H](/C=C/C(=O)Nc1ccccc1N)[C@@H](O)c1ccc(O)cc1. The van der Waals surface area contributed by atoms with Gasteiger partial charge in [0.15, 0.2) is 0 Å². The molecule has 2 aromatic rings. The summed E-state index contributed by atoms with van der Waals surface area (Å²) in [4.78, 5) is 11.9. The standard InChI is InChI=1S/C18H20N2O3/c1-12(18(23)13-7-9-14(21)10-8-13)6-11-17(22)20-16-5-3-2-4-15(16)19/h2-12,18,21,23H,19H2,1H3,(H,20,22)/b11-6+/t12-,18+/m0/s1. The van der Waals surface area contributed by atoms with E-state index in [4.69, 9.17) is 5.73 Å². The van der Waals surface area contributed by atoms with Crippen molar-refractivity contribution in [3.8, 4) is 5.75 Å². The molecule has 1 amide bonds. The highest BCUT2D eigenvalue weighted by Crippen LogP contribution is 2.24. The molecule has 0 aliphatic rings. The average Bonchev–Trinajstić information content (AvgIpc) is 2.55. The van der Waals surface area contributed by atoms with Gasteiger partial charge in [0.05, 0.1) is 17.5 Å². The van der Waals surface area contributed by atoms with Gasteiger partial charge in [0.1, 0.15) is 5.75 Å². The van der Waals surface area contributed by atoms with E-state index in [1.165, 1.54) is 18.2 Å². The van der Waals surface area contributed by atoms with Gasteiger partial charge in [-0.3, -0.25) is 4.79 Å². The quantitative estimate of drug-likeness (QED) is 0.504. The molecule has 0 saturated heterocycles. The van der Waals surface area contributed by atoms with Gasteiger partial charge in [-0.15, -0.1) is 0 Å². The lowest BCUT2D eigenvalue weighted by Crippen LogP contribution is -2.11. The van der Waals surface area contributed by atoms with Crippen molar-refractivity contribution in [1.29, 1.82) is 0 Å². The van der Waals surface area contributed by atoms with Gasteiger partial charge in [-0.05, 0) is 35.9 Å². The molecular formula is C18H20N2O3. The fourth-order valence-electron chi connectivity index (χ4n) is 2.10. The number of aliphatic hydroxyl groups is 1. The lowest BCUT2D eigenvalue weighted by Gasteiger charge is -2.16. The number of hydrogen-bond acceptors (Lipinski definition) is 4. The maximum Gasteiger partial charge on any atom is 0.248 e. The Morgan fingerprint density at radius 3 is 2.48 bits per heavy atom.